The SMILES string of the molecule is CC1(c2cc(N=C(c3ccccc3)c3ccccc3)ccc2F)COCC(=O)N1. The Hall–Kier alpha value is -3.31. The van der Waals surface area contributed by atoms with Crippen molar-refractivity contribution in [1.29, 1.82) is 0 Å². The molecule has 0 bridgehead atoms. The van der Waals surface area contributed by atoms with Crippen molar-refractivity contribution in [2.45, 2.75) is 12.5 Å². The van der Waals surface area contributed by atoms with Gasteiger partial charge in [0.2, 0.25) is 5.91 Å². The van der Waals surface area contributed by atoms with Gasteiger partial charge in [0.05, 0.1) is 23.5 Å². The highest BCUT2D eigenvalue weighted by molar-refractivity contribution is 6.13. The number of aliphatic imine (C=N–C) groups is 1. The Kier molecular flexibility index (Phi) is 5.23. The lowest BCUT2D eigenvalue weighted by Crippen LogP contribution is -2.53. The van der Waals surface area contributed by atoms with Crippen LogP contribution in [0.5, 0.6) is 0 Å². The highest BCUT2D eigenvalue weighted by Gasteiger charge is 2.35. The Bertz CT molecular complexity index is 1010. The number of amides is 1. The number of carbonyl (C=O) groups excluding carboxylic acids is 1. The Labute approximate surface area is 169 Å². The molecule has 5 heteroatoms. The van der Waals surface area contributed by atoms with E-state index in [-0.39, 0.29) is 19.1 Å². The number of ether oxygens (including phenoxy) is 1. The summed E-state index contributed by atoms with van der Waals surface area (Å²) in [7, 11) is 0. The topological polar surface area (TPSA) is 50.7 Å². The molecule has 1 atom stereocenters. The fourth-order valence-corrected chi connectivity index (χ4v) is 3.50. The molecule has 4 rings (SSSR count). The zero-order valence-electron chi connectivity index (χ0n) is 16.1. The first-order chi connectivity index (χ1) is 14.0. The summed E-state index contributed by atoms with van der Waals surface area (Å²) in [6.07, 6.45) is 0. The third-order valence-electron chi connectivity index (χ3n) is 4.92. The Balaban J connectivity index is 1.80. The molecule has 1 amide bonds. The van der Waals surface area contributed by atoms with Crippen LogP contribution in [0.1, 0.15) is 23.6 Å². The van der Waals surface area contributed by atoms with Crippen LogP contribution < -0.4 is 5.32 Å². The summed E-state index contributed by atoms with van der Waals surface area (Å²) in [6, 6.07) is 24.4. The summed E-state index contributed by atoms with van der Waals surface area (Å²) in [5, 5.41) is 2.84. The van der Waals surface area contributed by atoms with E-state index in [0.29, 0.717) is 11.3 Å². The van der Waals surface area contributed by atoms with Crippen molar-refractivity contribution in [2.24, 2.45) is 4.99 Å². The van der Waals surface area contributed by atoms with Crippen LogP contribution in [0.15, 0.2) is 83.9 Å². The van der Waals surface area contributed by atoms with Crippen LogP contribution in [0.4, 0.5) is 10.1 Å². The molecule has 1 fully saturated rings. The fraction of sp³-hybridized carbons (Fsp3) is 0.167. The van der Waals surface area contributed by atoms with Crippen molar-refractivity contribution in [3.05, 3.63) is 101 Å². The molecule has 0 radical (unpaired) electrons. The molecule has 29 heavy (non-hydrogen) atoms. The van der Waals surface area contributed by atoms with E-state index in [0.717, 1.165) is 16.8 Å². The van der Waals surface area contributed by atoms with Crippen LogP contribution in [0.3, 0.4) is 0 Å². The number of halogens is 1. The van der Waals surface area contributed by atoms with Crippen molar-refractivity contribution in [3.63, 3.8) is 0 Å². The van der Waals surface area contributed by atoms with E-state index in [2.05, 4.69) is 5.32 Å². The Morgan fingerprint density at radius 2 is 1.62 bits per heavy atom. The maximum atomic E-state index is 14.7. The first-order valence-corrected chi connectivity index (χ1v) is 9.43. The highest BCUT2D eigenvalue weighted by Crippen LogP contribution is 2.30. The predicted octanol–water partition coefficient (Wildman–Crippen LogP) is 4.36. The first-order valence-electron chi connectivity index (χ1n) is 9.43. The van der Waals surface area contributed by atoms with Crippen LogP contribution in [0.2, 0.25) is 0 Å². The molecule has 1 saturated heterocycles. The van der Waals surface area contributed by atoms with Crippen LogP contribution in [-0.4, -0.2) is 24.8 Å². The molecule has 1 N–H and O–H groups in total. The number of hydrogen-bond donors (Lipinski definition) is 1. The zero-order valence-corrected chi connectivity index (χ0v) is 16.1. The van der Waals surface area contributed by atoms with Gasteiger partial charge in [-0.2, -0.15) is 0 Å². The summed E-state index contributed by atoms with van der Waals surface area (Å²) >= 11 is 0. The molecular formula is C24H21FN2O2. The first kappa shape index (κ1) is 19.0. The third kappa shape index (κ3) is 4.10. The molecule has 0 aliphatic carbocycles. The molecule has 0 spiro atoms. The van der Waals surface area contributed by atoms with E-state index in [1.165, 1.54) is 6.07 Å². The van der Waals surface area contributed by atoms with Gasteiger partial charge in [0.15, 0.2) is 0 Å². The summed E-state index contributed by atoms with van der Waals surface area (Å²) in [5.41, 5.74) is 2.73. The largest absolute Gasteiger partial charge is 0.369 e. The van der Waals surface area contributed by atoms with Gasteiger partial charge in [0.25, 0.3) is 0 Å². The van der Waals surface area contributed by atoms with Gasteiger partial charge >= 0.3 is 0 Å². The van der Waals surface area contributed by atoms with Gasteiger partial charge in [-0.3, -0.25) is 4.79 Å². The molecule has 1 aliphatic rings. The number of nitrogens with one attached hydrogen (secondary N) is 1. The summed E-state index contributed by atoms with van der Waals surface area (Å²) in [6.45, 7) is 1.94. The second-order valence-corrected chi connectivity index (χ2v) is 7.23. The molecule has 1 unspecified atom stereocenters. The molecular weight excluding hydrogens is 367 g/mol. The minimum absolute atomic E-state index is 0.0127. The van der Waals surface area contributed by atoms with Gasteiger partial charge in [-0.1, -0.05) is 60.7 Å². The van der Waals surface area contributed by atoms with E-state index in [1.54, 1.807) is 19.1 Å². The van der Waals surface area contributed by atoms with E-state index >= 15 is 0 Å². The van der Waals surface area contributed by atoms with Crippen LogP contribution in [0, 0.1) is 5.82 Å². The third-order valence-corrected chi connectivity index (χ3v) is 4.92. The maximum absolute atomic E-state index is 14.7. The number of carbonyl (C=O) groups is 1. The van der Waals surface area contributed by atoms with Gasteiger partial charge in [-0.25, -0.2) is 9.38 Å². The zero-order chi connectivity index (χ0) is 20.3. The van der Waals surface area contributed by atoms with Crippen LogP contribution in [-0.2, 0) is 15.1 Å². The standard InChI is InChI=1S/C24H21FN2O2/c1-24(16-29-15-22(28)27-24)20-14-19(12-13-21(20)25)26-23(17-8-4-2-5-9-17)18-10-6-3-7-11-18/h2-14H,15-16H2,1H3,(H,27,28). The van der Waals surface area contributed by atoms with Crippen molar-refractivity contribution >= 4 is 17.3 Å². The van der Waals surface area contributed by atoms with E-state index in [4.69, 9.17) is 9.73 Å². The number of nitrogens with zero attached hydrogens (tertiary/aromatic N) is 1. The quantitative estimate of drug-likeness (QED) is 0.676. The predicted molar refractivity (Wildman–Crippen MR) is 111 cm³/mol. The van der Waals surface area contributed by atoms with Crippen LogP contribution >= 0.6 is 0 Å². The second-order valence-electron chi connectivity index (χ2n) is 7.23. The molecule has 146 valence electrons. The van der Waals surface area contributed by atoms with E-state index in [9.17, 15) is 9.18 Å². The Morgan fingerprint density at radius 1 is 1.00 bits per heavy atom. The molecule has 3 aromatic rings. The lowest BCUT2D eigenvalue weighted by molar-refractivity contribution is -0.135. The lowest BCUT2D eigenvalue weighted by atomic mass is 9.91. The van der Waals surface area contributed by atoms with Gasteiger partial charge in [0.1, 0.15) is 12.4 Å². The van der Waals surface area contributed by atoms with Crippen molar-refractivity contribution in [2.75, 3.05) is 13.2 Å². The minimum Gasteiger partial charge on any atom is -0.369 e. The number of benzene rings is 3. The lowest BCUT2D eigenvalue weighted by Gasteiger charge is -2.35. The summed E-state index contributed by atoms with van der Waals surface area (Å²) < 4.78 is 20.0. The van der Waals surface area contributed by atoms with Gasteiger partial charge in [0, 0.05) is 16.7 Å². The van der Waals surface area contributed by atoms with E-state index in [1.807, 2.05) is 60.7 Å². The molecule has 1 aliphatic heterocycles. The molecule has 3 aromatic carbocycles. The number of morpholine rings is 1. The van der Waals surface area contributed by atoms with Crippen molar-refractivity contribution < 1.29 is 13.9 Å². The number of rotatable bonds is 4. The molecule has 1 heterocycles. The normalized spacial score (nSPS) is 18.8. The maximum Gasteiger partial charge on any atom is 0.246 e. The fourth-order valence-electron chi connectivity index (χ4n) is 3.50. The summed E-state index contributed by atoms with van der Waals surface area (Å²) in [5.74, 6) is -0.667. The van der Waals surface area contributed by atoms with Gasteiger partial charge in [-0.15, -0.1) is 0 Å². The smallest absolute Gasteiger partial charge is 0.246 e. The molecule has 0 saturated carbocycles. The highest BCUT2D eigenvalue weighted by atomic mass is 19.1. The van der Waals surface area contributed by atoms with Gasteiger partial charge < -0.3 is 10.1 Å². The van der Waals surface area contributed by atoms with Crippen molar-refractivity contribution in [3.8, 4) is 0 Å². The molecule has 0 aromatic heterocycles. The van der Waals surface area contributed by atoms with Gasteiger partial charge in [-0.05, 0) is 25.1 Å². The summed E-state index contributed by atoms with van der Waals surface area (Å²) in [4.78, 5) is 16.7. The second kappa shape index (κ2) is 7.97. The average Bonchev–Trinajstić information content (AvgIpc) is 2.74. The van der Waals surface area contributed by atoms with E-state index < -0.39 is 11.4 Å². The minimum atomic E-state index is -0.940. The Morgan fingerprint density at radius 3 is 2.21 bits per heavy atom. The average molecular weight is 388 g/mol. The monoisotopic (exact) mass is 388 g/mol. The van der Waals surface area contributed by atoms with Crippen LogP contribution in [0.25, 0.3) is 0 Å². The molecule has 4 nitrogen and oxygen atoms in total. The number of hydrogen-bond acceptors (Lipinski definition) is 3. The van der Waals surface area contributed by atoms with Crippen molar-refractivity contribution in [1.82, 2.24) is 5.32 Å².